The highest BCUT2D eigenvalue weighted by Gasteiger charge is 2.36. The minimum Gasteiger partial charge on any atom is -0.406 e. The lowest BCUT2D eigenvalue weighted by atomic mass is 10.1. The van der Waals surface area contributed by atoms with Gasteiger partial charge in [-0.25, -0.2) is 13.4 Å². The van der Waals surface area contributed by atoms with Crippen molar-refractivity contribution in [1.82, 2.24) is 10.3 Å². The summed E-state index contributed by atoms with van der Waals surface area (Å²) in [6.07, 6.45) is -0.814. The zero-order chi connectivity index (χ0) is 22.2. The van der Waals surface area contributed by atoms with Gasteiger partial charge in [-0.05, 0) is 55.0 Å². The van der Waals surface area contributed by atoms with E-state index < -0.39 is 27.9 Å². The summed E-state index contributed by atoms with van der Waals surface area (Å²) < 4.78 is 65.8. The average Bonchev–Trinajstić information content (AvgIpc) is 3.38. The van der Waals surface area contributed by atoms with E-state index in [0.717, 1.165) is 55.8 Å². The number of hydrogen-bond donors (Lipinski definition) is 2. The lowest BCUT2D eigenvalue weighted by molar-refractivity contribution is -0.274. The minimum atomic E-state index is -4.88. The summed E-state index contributed by atoms with van der Waals surface area (Å²) in [5, 5.41) is 2.71. The monoisotopic (exact) mass is 443 g/mol. The van der Waals surface area contributed by atoms with Gasteiger partial charge in [0.1, 0.15) is 5.75 Å². The molecule has 11 heteroatoms. The van der Waals surface area contributed by atoms with Crippen LogP contribution in [0, 0.1) is 5.41 Å². The van der Waals surface area contributed by atoms with E-state index in [-0.39, 0.29) is 26.6 Å². The number of sulfone groups is 1. The molecular weight excluding hydrogens is 423 g/mol. The highest BCUT2D eigenvalue weighted by Crippen LogP contribution is 2.47. The fourth-order valence-electron chi connectivity index (χ4n) is 2.78. The van der Waals surface area contributed by atoms with Gasteiger partial charge in [0, 0.05) is 12.7 Å². The van der Waals surface area contributed by atoms with Gasteiger partial charge in [0.25, 0.3) is 5.91 Å². The summed E-state index contributed by atoms with van der Waals surface area (Å²) >= 11 is 0. The molecule has 1 fully saturated rings. The first-order chi connectivity index (χ1) is 13.9. The topological polar surface area (TPSA) is 111 Å². The molecule has 7 nitrogen and oxygen atoms in total. The van der Waals surface area contributed by atoms with Gasteiger partial charge in [0.05, 0.1) is 15.5 Å². The predicted molar refractivity (Wildman–Crippen MR) is 102 cm³/mol. The molecule has 1 aliphatic rings. The van der Waals surface area contributed by atoms with Crippen LogP contribution in [0.4, 0.5) is 18.9 Å². The number of nitrogen functional groups attached to an aromatic ring is 1. The first-order valence-corrected chi connectivity index (χ1v) is 10.5. The lowest BCUT2D eigenvalue weighted by Crippen LogP contribution is -2.27. The van der Waals surface area contributed by atoms with E-state index in [4.69, 9.17) is 5.73 Å². The van der Waals surface area contributed by atoms with E-state index in [1.165, 1.54) is 0 Å². The quantitative estimate of drug-likeness (QED) is 0.679. The Labute approximate surface area is 171 Å². The summed E-state index contributed by atoms with van der Waals surface area (Å²) in [6, 6.07) is 4.83. The highest BCUT2D eigenvalue weighted by molar-refractivity contribution is 7.91. The number of carbonyl (C=O) groups is 1. The first-order valence-electron chi connectivity index (χ1n) is 9.04. The van der Waals surface area contributed by atoms with E-state index in [1.807, 2.05) is 0 Å². The van der Waals surface area contributed by atoms with Gasteiger partial charge in [-0.1, -0.05) is 6.92 Å². The summed E-state index contributed by atoms with van der Waals surface area (Å²) in [7, 11) is -4.10. The molecule has 1 aromatic heterocycles. The maximum Gasteiger partial charge on any atom is 0.573 e. The van der Waals surface area contributed by atoms with Gasteiger partial charge < -0.3 is 15.8 Å². The maximum absolute atomic E-state index is 12.7. The van der Waals surface area contributed by atoms with Crippen LogP contribution >= 0.6 is 0 Å². The predicted octanol–water partition coefficient (Wildman–Crippen LogP) is 3.32. The fraction of sp³-hybridized carbons (Fsp3) is 0.368. The second-order valence-electron chi connectivity index (χ2n) is 7.45. The van der Waals surface area contributed by atoms with Gasteiger partial charge >= 0.3 is 6.36 Å². The summed E-state index contributed by atoms with van der Waals surface area (Å²) in [5.74, 6) is -1.06. The third-order valence-electron chi connectivity index (χ3n) is 4.90. The minimum absolute atomic E-state index is 0.0937. The zero-order valence-electron chi connectivity index (χ0n) is 16.0. The molecule has 1 heterocycles. The Balaban J connectivity index is 1.73. The molecule has 0 spiro atoms. The third kappa shape index (κ3) is 5.21. The van der Waals surface area contributed by atoms with E-state index in [0.29, 0.717) is 6.54 Å². The lowest BCUT2D eigenvalue weighted by Gasteiger charge is -2.12. The number of halogens is 3. The number of carbonyl (C=O) groups excluding carboxylic acids is 1. The Morgan fingerprint density at radius 2 is 1.87 bits per heavy atom. The molecule has 3 N–H and O–H groups in total. The average molecular weight is 443 g/mol. The number of ether oxygens (including phenoxy) is 1. The van der Waals surface area contributed by atoms with Gasteiger partial charge in [0.2, 0.25) is 9.84 Å². The SMILES string of the molecule is CC1(CCNC(=O)c2ncc(S(=O)(=O)c3ccc(OC(F)(F)F)cc3)cc2N)CC1. The van der Waals surface area contributed by atoms with Crippen LogP contribution in [0.15, 0.2) is 46.3 Å². The van der Waals surface area contributed by atoms with E-state index in [9.17, 15) is 26.4 Å². The largest absolute Gasteiger partial charge is 0.573 e. The number of hydrogen-bond acceptors (Lipinski definition) is 6. The molecular formula is C19H20F3N3O4S. The molecule has 3 rings (SSSR count). The fourth-order valence-corrected chi connectivity index (χ4v) is 4.02. The van der Waals surface area contributed by atoms with Gasteiger partial charge in [-0.15, -0.1) is 13.2 Å². The normalized spacial score (nSPS) is 15.5. The zero-order valence-corrected chi connectivity index (χ0v) is 16.8. The number of rotatable bonds is 7. The second-order valence-corrected chi connectivity index (χ2v) is 9.40. The van der Waals surface area contributed by atoms with Crippen molar-refractivity contribution in [3.05, 3.63) is 42.2 Å². The second kappa shape index (κ2) is 7.78. The van der Waals surface area contributed by atoms with Crippen LogP contribution in [-0.4, -0.2) is 32.2 Å². The first kappa shape index (κ1) is 21.9. The molecule has 0 unspecified atom stereocenters. The number of anilines is 1. The van der Waals surface area contributed by atoms with E-state index in [1.54, 1.807) is 0 Å². The molecule has 1 aliphatic carbocycles. The third-order valence-corrected chi connectivity index (χ3v) is 6.64. The van der Waals surface area contributed by atoms with Crippen molar-refractivity contribution in [1.29, 1.82) is 0 Å². The van der Waals surface area contributed by atoms with Crippen LogP contribution in [0.25, 0.3) is 0 Å². The van der Waals surface area contributed by atoms with E-state index in [2.05, 4.69) is 22.0 Å². The van der Waals surface area contributed by atoms with Crippen molar-refractivity contribution in [3.63, 3.8) is 0 Å². The molecule has 1 aromatic carbocycles. The standard InChI is InChI=1S/C19H20F3N3O4S/c1-18(6-7-18)8-9-24-17(26)16-15(23)10-14(11-25-16)30(27,28)13-4-2-12(3-5-13)29-19(20,21)22/h2-5,10-11H,6-9,23H2,1H3,(H,24,26). The van der Waals surface area contributed by atoms with Crippen LogP contribution in [0.2, 0.25) is 0 Å². The van der Waals surface area contributed by atoms with Gasteiger partial charge in [0.15, 0.2) is 5.69 Å². The van der Waals surface area contributed by atoms with Crippen LogP contribution in [0.3, 0.4) is 0 Å². The number of benzene rings is 1. The van der Waals surface area contributed by atoms with E-state index >= 15 is 0 Å². The number of nitrogens with zero attached hydrogens (tertiary/aromatic N) is 1. The van der Waals surface area contributed by atoms with Crippen molar-refractivity contribution in [2.75, 3.05) is 12.3 Å². The number of aromatic nitrogens is 1. The highest BCUT2D eigenvalue weighted by atomic mass is 32.2. The van der Waals surface area contributed by atoms with Crippen molar-refractivity contribution >= 4 is 21.4 Å². The van der Waals surface area contributed by atoms with Crippen LogP contribution in [0.5, 0.6) is 5.75 Å². The van der Waals surface area contributed by atoms with Crippen molar-refractivity contribution in [2.24, 2.45) is 5.41 Å². The molecule has 162 valence electrons. The summed E-state index contributed by atoms with van der Waals surface area (Å²) in [5.41, 5.74) is 5.88. The van der Waals surface area contributed by atoms with Crippen molar-refractivity contribution < 1.29 is 31.1 Å². The molecule has 0 radical (unpaired) electrons. The number of nitrogens with one attached hydrogen (secondary N) is 1. The molecule has 0 saturated heterocycles. The number of amides is 1. The number of pyridine rings is 1. The molecule has 30 heavy (non-hydrogen) atoms. The summed E-state index contributed by atoms with van der Waals surface area (Å²) in [6.45, 7) is 2.59. The Kier molecular flexibility index (Phi) is 5.68. The van der Waals surface area contributed by atoms with Gasteiger partial charge in [-0.3, -0.25) is 4.79 Å². The molecule has 0 aliphatic heterocycles. The van der Waals surface area contributed by atoms with Crippen molar-refractivity contribution in [2.45, 2.75) is 42.3 Å². The van der Waals surface area contributed by atoms with Crippen molar-refractivity contribution in [3.8, 4) is 5.75 Å². The van der Waals surface area contributed by atoms with Gasteiger partial charge in [-0.2, -0.15) is 0 Å². The number of alkyl halides is 3. The Morgan fingerprint density at radius 1 is 1.23 bits per heavy atom. The summed E-state index contributed by atoms with van der Waals surface area (Å²) in [4.78, 5) is 15.6. The molecule has 1 saturated carbocycles. The van der Waals surface area contributed by atoms with Crippen LogP contribution < -0.4 is 15.8 Å². The van der Waals surface area contributed by atoms with Crippen LogP contribution in [-0.2, 0) is 9.84 Å². The number of nitrogens with two attached hydrogens (primary N) is 1. The molecule has 0 atom stereocenters. The Hall–Kier alpha value is -2.82. The smallest absolute Gasteiger partial charge is 0.406 e. The molecule has 0 bridgehead atoms. The molecule has 1 amide bonds. The molecule has 2 aromatic rings. The Bertz CT molecular complexity index is 1050. The van der Waals surface area contributed by atoms with Crippen LogP contribution in [0.1, 0.15) is 36.7 Å². The Morgan fingerprint density at radius 3 is 2.40 bits per heavy atom. The maximum atomic E-state index is 12.7.